The molecule has 5 aromatic heterocycles. The largest absolute Gasteiger partial charge is 0.309 e. The van der Waals surface area contributed by atoms with Crippen molar-refractivity contribution in [3.8, 4) is 28.3 Å². The van der Waals surface area contributed by atoms with Crippen LogP contribution < -0.4 is 10.6 Å². The van der Waals surface area contributed by atoms with Crippen molar-refractivity contribution in [2.45, 2.75) is 26.8 Å². The summed E-state index contributed by atoms with van der Waals surface area (Å²) >= 11 is 0. The van der Waals surface area contributed by atoms with E-state index in [0.29, 0.717) is 17.3 Å². The second-order valence-electron chi connectivity index (χ2n) is 9.45. The lowest BCUT2D eigenvalue weighted by Gasteiger charge is -2.13. The van der Waals surface area contributed by atoms with E-state index in [0.717, 1.165) is 44.6 Å². The minimum absolute atomic E-state index is 0.197. The summed E-state index contributed by atoms with van der Waals surface area (Å²) < 4.78 is 2.06. The van der Waals surface area contributed by atoms with Gasteiger partial charge in [0.2, 0.25) is 5.91 Å². The number of pyridine rings is 3. The predicted molar refractivity (Wildman–Crippen MR) is 151 cm³/mol. The summed E-state index contributed by atoms with van der Waals surface area (Å²) in [5.74, 6) is 0.665. The first-order valence-electron chi connectivity index (χ1n) is 12.6. The molecule has 0 aliphatic heterocycles. The first-order chi connectivity index (χ1) is 18.9. The summed E-state index contributed by atoms with van der Waals surface area (Å²) in [5, 5.41) is 17.3. The molecule has 0 aliphatic rings. The third-order valence-corrected chi connectivity index (χ3v) is 6.87. The molecule has 6 rings (SSSR count). The second kappa shape index (κ2) is 9.73. The predicted octanol–water partition coefficient (Wildman–Crippen LogP) is 4.36. The number of nitrogens with zero attached hydrogens (tertiary/aromatic N) is 7. The highest BCUT2D eigenvalue weighted by atomic mass is 16.2. The molecule has 1 aromatic carbocycles. The molecule has 0 fully saturated rings. The normalized spacial score (nSPS) is 12.2. The Labute approximate surface area is 224 Å². The summed E-state index contributed by atoms with van der Waals surface area (Å²) in [6.45, 7) is 5.81. The van der Waals surface area contributed by atoms with Crippen LogP contribution in [-0.4, -0.2) is 53.3 Å². The van der Waals surface area contributed by atoms with Gasteiger partial charge in [-0.05, 0) is 69.6 Å². The fraction of sp³-hybridized carbons (Fsp3) is 0.172. The van der Waals surface area contributed by atoms with Gasteiger partial charge in [0, 0.05) is 34.1 Å². The van der Waals surface area contributed by atoms with Crippen LogP contribution in [0.5, 0.6) is 0 Å². The van der Waals surface area contributed by atoms with Crippen LogP contribution in [0.2, 0.25) is 0 Å². The Hall–Kier alpha value is -4.96. The monoisotopic (exact) mass is 517 g/mol. The Morgan fingerprint density at radius 1 is 0.974 bits per heavy atom. The summed E-state index contributed by atoms with van der Waals surface area (Å²) in [4.78, 5) is 27.8. The Balaban J connectivity index is 1.44. The lowest BCUT2D eigenvalue weighted by Crippen LogP contribution is -2.35. The number of nitrogens with one attached hydrogen (secondary N) is 2. The molecule has 6 aromatic rings. The highest BCUT2D eigenvalue weighted by Crippen LogP contribution is 2.28. The van der Waals surface area contributed by atoms with Crippen molar-refractivity contribution >= 4 is 28.1 Å². The molecule has 39 heavy (non-hydrogen) atoms. The van der Waals surface area contributed by atoms with Crippen LogP contribution in [-0.2, 0) is 4.79 Å². The molecule has 1 amide bonds. The van der Waals surface area contributed by atoms with Crippen molar-refractivity contribution in [2.24, 2.45) is 0 Å². The van der Waals surface area contributed by atoms with E-state index in [9.17, 15) is 4.79 Å². The summed E-state index contributed by atoms with van der Waals surface area (Å²) in [6.07, 6.45) is 5.33. The SMILES string of the molecule is CN[C@@H](C)C(=O)Nc1cc(-c2cnc3cccc(C)n23)cc(-n2ncc(-c3ccc4c(C)nccc4c3)n2)n1. The van der Waals surface area contributed by atoms with Gasteiger partial charge in [0.05, 0.1) is 24.1 Å². The Bertz CT molecular complexity index is 1850. The number of likely N-dealkylation sites (N-methyl/N-ethyl adjacent to an activating group) is 1. The molecule has 10 heteroatoms. The van der Waals surface area contributed by atoms with E-state index >= 15 is 0 Å². The molecule has 10 nitrogen and oxygen atoms in total. The van der Waals surface area contributed by atoms with Gasteiger partial charge in [-0.15, -0.1) is 9.90 Å². The maximum Gasteiger partial charge on any atom is 0.242 e. The van der Waals surface area contributed by atoms with Gasteiger partial charge in [-0.3, -0.25) is 14.2 Å². The zero-order valence-electron chi connectivity index (χ0n) is 22.0. The number of aryl methyl sites for hydroxylation is 2. The minimum atomic E-state index is -0.391. The molecule has 0 aliphatic carbocycles. The number of carbonyl (C=O) groups excluding carboxylic acids is 1. The van der Waals surface area contributed by atoms with Crippen molar-refractivity contribution in [1.82, 2.24) is 39.7 Å². The Morgan fingerprint density at radius 3 is 2.69 bits per heavy atom. The maximum absolute atomic E-state index is 12.7. The average Bonchev–Trinajstić information content (AvgIpc) is 3.61. The van der Waals surface area contributed by atoms with Crippen LogP contribution in [0.15, 0.2) is 73.2 Å². The number of anilines is 1. The van der Waals surface area contributed by atoms with E-state index < -0.39 is 6.04 Å². The molecule has 5 heterocycles. The lowest BCUT2D eigenvalue weighted by atomic mass is 10.1. The smallest absolute Gasteiger partial charge is 0.242 e. The van der Waals surface area contributed by atoms with E-state index in [2.05, 4.69) is 47.2 Å². The summed E-state index contributed by atoms with van der Waals surface area (Å²) in [5.41, 5.74) is 6.18. The molecule has 0 unspecified atom stereocenters. The maximum atomic E-state index is 12.7. The van der Waals surface area contributed by atoms with Crippen molar-refractivity contribution < 1.29 is 4.79 Å². The molecule has 0 saturated heterocycles. The second-order valence-corrected chi connectivity index (χ2v) is 9.45. The minimum Gasteiger partial charge on any atom is -0.309 e. The number of rotatable bonds is 6. The lowest BCUT2D eigenvalue weighted by molar-refractivity contribution is -0.117. The molecule has 0 radical (unpaired) electrons. The third-order valence-electron chi connectivity index (χ3n) is 6.87. The van der Waals surface area contributed by atoms with Crippen molar-refractivity contribution in [1.29, 1.82) is 0 Å². The highest BCUT2D eigenvalue weighted by molar-refractivity contribution is 5.94. The number of amides is 1. The number of carbonyl (C=O) groups is 1. The fourth-order valence-electron chi connectivity index (χ4n) is 4.60. The van der Waals surface area contributed by atoms with Gasteiger partial charge in [0.15, 0.2) is 5.82 Å². The van der Waals surface area contributed by atoms with E-state index in [4.69, 9.17) is 5.10 Å². The number of hydrogen-bond donors (Lipinski definition) is 2. The van der Waals surface area contributed by atoms with Gasteiger partial charge in [-0.2, -0.15) is 5.10 Å². The van der Waals surface area contributed by atoms with Crippen molar-refractivity contribution in [3.05, 3.63) is 84.6 Å². The summed E-state index contributed by atoms with van der Waals surface area (Å²) in [6, 6.07) is 17.4. The van der Waals surface area contributed by atoms with E-state index in [1.54, 1.807) is 26.4 Å². The first-order valence-corrected chi connectivity index (χ1v) is 12.6. The number of imidazole rings is 1. The average molecular weight is 518 g/mol. The zero-order valence-corrected chi connectivity index (χ0v) is 22.0. The quantitative estimate of drug-likeness (QED) is 0.337. The zero-order chi connectivity index (χ0) is 27.1. The van der Waals surface area contributed by atoms with Gasteiger partial charge in [-0.1, -0.05) is 18.2 Å². The van der Waals surface area contributed by atoms with Gasteiger partial charge >= 0.3 is 0 Å². The number of benzene rings is 1. The van der Waals surface area contributed by atoms with Gasteiger partial charge in [0.1, 0.15) is 17.2 Å². The standard InChI is InChI=1S/C29H27N9O/c1-17-6-5-7-27-32-16-25(37(17)27)22-13-26(35-29(39)19(3)30-4)34-28(14-22)38-33-15-24(36-38)21-8-9-23-18(2)31-11-10-20(23)12-21/h5-16,19,30H,1-4H3,(H,34,35,39)/t19-/m0/s1. The van der Waals surface area contributed by atoms with Crippen LogP contribution in [0.25, 0.3) is 44.8 Å². The van der Waals surface area contributed by atoms with E-state index in [1.807, 2.05) is 62.5 Å². The molecule has 0 saturated carbocycles. The van der Waals surface area contributed by atoms with Crippen LogP contribution >= 0.6 is 0 Å². The van der Waals surface area contributed by atoms with Gasteiger partial charge in [0.25, 0.3) is 0 Å². The Morgan fingerprint density at radius 2 is 1.85 bits per heavy atom. The van der Waals surface area contributed by atoms with Crippen molar-refractivity contribution in [3.63, 3.8) is 0 Å². The number of hydrogen-bond acceptors (Lipinski definition) is 7. The van der Waals surface area contributed by atoms with Crippen LogP contribution in [0.3, 0.4) is 0 Å². The molecule has 1 atom stereocenters. The third kappa shape index (κ3) is 4.51. The van der Waals surface area contributed by atoms with Crippen LogP contribution in [0.1, 0.15) is 18.3 Å². The van der Waals surface area contributed by atoms with Crippen LogP contribution in [0, 0.1) is 13.8 Å². The molecule has 194 valence electrons. The first kappa shape index (κ1) is 24.4. The fourth-order valence-corrected chi connectivity index (χ4v) is 4.60. The topological polar surface area (TPSA) is 115 Å². The van der Waals surface area contributed by atoms with E-state index in [1.165, 1.54) is 4.80 Å². The molecule has 0 bridgehead atoms. The molecule has 0 spiro atoms. The molecule has 2 N–H and O–H groups in total. The van der Waals surface area contributed by atoms with Gasteiger partial charge in [-0.25, -0.2) is 9.97 Å². The van der Waals surface area contributed by atoms with Crippen molar-refractivity contribution in [2.75, 3.05) is 12.4 Å². The Kier molecular flexibility index (Phi) is 6.08. The molecular weight excluding hydrogens is 490 g/mol. The number of fused-ring (bicyclic) bond motifs is 2. The van der Waals surface area contributed by atoms with E-state index in [-0.39, 0.29) is 5.91 Å². The van der Waals surface area contributed by atoms with Crippen LogP contribution in [0.4, 0.5) is 5.82 Å². The molecular formula is C29H27N9O. The van der Waals surface area contributed by atoms with Gasteiger partial charge < -0.3 is 10.6 Å². The summed E-state index contributed by atoms with van der Waals surface area (Å²) in [7, 11) is 1.74. The number of aromatic nitrogens is 7. The highest BCUT2D eigenvalue weighted by Gasteiger charge is 2.17.